The van der Waals surface area contributed by atoms with Crippen LogP contribution in [0.4, 0.5) is 0 Å². The van der Waals surface area contributed by atoms with Crippen LogP contribution in [0, 0.1) is 6.92 Å². The Morgan fingerprint density at radius 1 is 1.08 bits per heavy atom. The molecular formula is C12H12S. The summed E-state index contributed by atoms with van der Waals surface area (Å²) in [7, 11) is 0. The summed E-state index contributed by atoms with van der Waals surface area (Å²) in [6.07, 6.45) is 1.07. The lowest BCUT2D eigenvalue weighted by Crippen LogP contribution is -1.83. The molecule has 0 amide bonds. The number of thiophene rings is 1. The van der Waals surface area contributed by atoms with Gasteiger partial charge in [0.05, 0.1) is 0 Å². The van der Waals surface area contributed by atoms with Crippen molar-refractivity contribution in [2.24, 2.45) is 0 Å². The third-order valence-corrected chi connectivity index (χ3v) is 2.96. The fourth-order valence-corrected chi connectivity index (χ4v) is 2.06. The van der Waals surface area contributed by atoms with E-state index < -0.39 is 0 Å². The maximum absolute atomic E-state index is 2.20. The highest BCUT2D eigenvalue weighted by molar-refractivity contribution is 7.09. The molecule has 0 unspecified atom stereocenters. The van der Waals surface area contributed by atoms with Crippen LogP contribution in [-0.2, 0) is 6.42 Å². The third-order valence-electron chi connectivity index (χ3n) is 2.08. The molecule has 0 saturated carbocycles. The van der Waals surface area contributed by atoms with E-state index in [0.29, 0.717) is 0 Å². The normalized spacial score (nSPS) is 10.2. The molecule has 0 N–H and O–H groups in total. The first-order chi connectivity index (χ1) is 6.34. The minimum absolute atomic E-state index is 1.07. The molecule has 2 rings (SSSR count). The predicted molar refractivity (Wildman–Crippen MR) is 58.3 cm³/mol. The molecule has 0 spiro atoms. The Kier molecular flexibility index (Phi) is 2.46. The smallest absolute Gasteiger partial charge is 0.00890 e. The molecule has 0 bridgehead atoms. The van der Waals surface area contributed by atoms with Crippen LogP contribution in [0.3, 0.4) is 0 Å². The lowest BCUT2D eigenvalue weighted by atomic mass is 10.1. The van der Waals surface area contributed by atoms with E-state index >= 15 is 0 Å². The van der Waals surface area contributed by atoms with Crippen molar-refractivity contribution in [3.63, 3.8) is 0 Å². The van der Waals surface area contributed by atoms with Gasteiger partial charge in [0.15, 0.2) is 0 Å². The summed E-state index contributed by atoms with van der Waals surface area (Å²) in [6.45, 7) is 2.12. The highest BCUT2D eigenvalue weighted by atomic mass is 32.1. The van der Waals surface area contributed by atoms with E-state index in [2.05, 4.69) is 48.7 Å². The Balaban J connectivity index is 2.15. The summed E-state index contributed by atoms with van der Waals surface area (Å²) in [5.41, 5.74) is 2.72. The van der Waals surface area contributed by atoms with Gasteiger partial charge in [-0.05, 0) is 23.9 Å². The van der Waals surface area contributed by atoms with Crippen molar-refractivity contribution in [2.45, 2.75) is 13.3 Å². The van der Waals surface area contributed by atoms with Crippen LogP contribution in [0.5, 0.6) is 0 Å². The van der Waals surface area contributed by atoms with Crippen molar-refractivity contribution in [1.82, 2.24) is 0 Å². The van der Waals surface area contributed by atoms with E-state index in [4.69, 9.17) is 0 Å². The highest BCUT2D eigenvalue weighted by Crippen LogP contribution is 2.14. The van der Waals surface area contributed by atoms with Crippen LogP contribution < -0.4 is 0 Å². The number of benzene rings is 1. The predicted octanol–water partition coefficient (Wildman–Crippen LogP) is 3.65. The SMILES string of the molecule is Cc1ccc(Cc2cccs2)cc1. The molecule has 0 radical (unpaired) electrons. The molecule has 1 heterocycles. The first-order valence-corrected chi connectivity index (χ1v) is 5.30. The first-order valence-electron chi connectivity index (χ1n) is 4.42. The van der Waals surface area contributed by atoms with Crippen molar-refractivity contribution >= 4 is 11.3 Å². The monoisotopic (exact) mass is 188 g/mol. The molecule has 0 aliphatic heterocycles. The minimum Gasteiger partial charge on any atom is -0.149 e. The largest absolute Gasteiger partial charge is 0.149 e. The zero-order valence-corrected chi connectivity index (χ0v) is 8.47. The van der Waals surface area contributed by atoms with Crippen molar-refractivity contribution in [3.05, 3.63) is 57.8 Å². The first kappa shape index (κ1) is 8.52. The van der Waals surface area contributed by atoms with Gasteiger partial charge in [0.25, 0.3) is 0 Å². The molecule has 1 aromatic heterocycles. The van der Waals surface area contributed by atoms with E-state index in [9.17, 15) is 0 Å². The van der Waals surface area contributed by atoms with E-state index in [-0.39, 0.29) is 0 Å². The van der Waals surface area contributed by atoms with Crippen LogP contribution in [0.15, 0.2) is 41.8 Å². The average molecular weight is 188 g/mol. The van der Waals surface area contributed by atoms with Crippen LogP contribution in [0.2, 0.25) is 0 Å². The maximum Gasteiger partial charge on any atom is 0.00890 e. The zero-order valence-electron chi connectivity index (χ0n) is 7.66. The summed E-state index contributed by atoms with van der Waals surface area (Å²) in [6, 6.07) is 13.0. The van der Waals surface area contributed by atoms with Gasteiger partial charge >= 0.3 is 0 Å². The Labute approximate surface area is 82.9 Å². The van der Waals surface area contributed by atoms with E-state index in [0.717, 1.165) is 6.42 Å². The number of hydrogen-bond acceptors (Lipinski definition) is 1. The molecule has 13 heavy (non-hydrogen) atoms. The van der Waals surface area contributed by atoms with Gasteiger partial charge < -0.3 is 0 Å². The van der Waals surface area contributed by atoms with E-state index in [1.807, 2.05) is 11.3 Å². The molecule has 0 fully saturated rings. The van der Waals surface area contributed by atoms with Gasteiger partial charge in [-0.15, -0.1) is 11.3 Å². The third kappa shape index (κ3) is 2.19. The molecular weight excluding hydrogens is 176 g/mol. The van der Waals surface area contributed by atoms with Crippen molar-refractivity contribution < 1.29 is 0 Å². The van der Waals surface area contributed by atoms with Gasteiger partial charge in [-0.3, -0.25) is 0 Å². The van der Waals surface area contributed by atoms with Crippen molar-refractivity contribution in [2.75, 3.05) is 0 Å². The van der Waals surface area contributed by atoms with E-state index in [1.165, 1.54) is 16.0 Å². The van der Waals surface area contributed by atoms with Crippen molar-refractivity contribution in [1.29, 1.82) is 0 Å². The summed E-state index contributed by atoms with van der Waals surface area (Å²) >= 11 is 1.82. The Morgan fingerprint density at radius 2 is 1.85 bits per heavy atom. The van der Waals surface area contributed by atoms with Gasteiger partial charge in [0.1, 0.15) is 0 Å². The molecule has 0 saturated heterocycles. The quantitative estimate of drug-likeness (QED) is 0.675. The minimum atomic E-state index is 1.07. The van der Waals surface area contributed by atoms with Crippen LogP contribution in [0.1, 0.15) is 16.0 Å². The summed E-state index contributed by atoms with van der Waals surface area (Å²) in [5.74, 6) is 0. The number of aryl methyl sites for hydroxylation is 1. The molecule has 66 valence electrons. The maximum atomic E-state index is 2.20. The Hall–Kier alpha value is -1.08. The lowest BCUT2D eigenvalue weighted by Gasteiger charge is -1.98. The summed E-state index contributed by atoms with van der Waals surface area (Å²) in [4.78, 5) is 1.43. The topological polar surface area (TPSA) is 0 Å². The molecule has 1 aromatic carbocycles. The molecule has 0 aliphatic carbocycles. The van der Waals surface area contributed by atoms with Crippen LogP contribution in [-0.4, -0.2) is 0 Å². The molecule has 0 atom stereocenters. The van der Waals surface area contributed by atoms with Gasteiger partial charge in [0, 0.05) is 11.3 Å². The van der Waals surface area contributed by atoms with E-state index in [1.54, 1.807) is 0 Å². The molecule has 2 aromatic rings. The Bertz CT molecular complexity index is 357. The summed E-state index contributed by atoms with van der Waals surface area (Å²) in [5, 5.41) is 2.13. The lowest BCUT2D eigenvalue weighted by molar-refractivity contribution is 1.23. The van der Waals surface area contributed by atoms with Gasteiger partial charge in [-0.25, -0.2) is 0 Å². The standard InChI is InChI=1S/C12H12S/c1-10-4-6-11(7-5-10)9-12-3-2-8-13-12/h2-8H,9H2,1H3. The van der Waals surface area contributed by atoms with Crippen LogP contribution >= 0.6 is 11.3 Å². The Morgan fingerprint density at radius 3 is 2.46 bits per heavy atom. The highest BCUT2D eigenvalue weighted by Gasteiger charge is 1.95. The van der Waals surface area contributed by atoms with Crippen LogP contribution in [0.25, 0.3) is 0 Å². The zero-order chi connectivity index (χ0) is 9.10. The second kappa shape index (κ2) is 3.75. The molecule has 0 nitrogen and oxygen atoms in total. The van der Waals surface area contributed by atoms with Gasteiger partial charge in [0.2, 0.25) is 0 Å². The number of rotatable bonds is 2. The second-order valence-corrected chi connectivity index (χ2v) is 4.27. The average Bonchev–Trinajstić information content (AvgIpc) is 2.62. The van der Waals surface area contributed by atoms with Gasteiger partial charge in [-0.1, -0.05) is 35.9 Å². The molecule has 0 aliphatic rings. The number of hydrogen-bond donors (Lipinski definition) is 0. The summed E-state index contributed by atoms with van der Waals surface area (Å²) < 4.78 is 0. The molecule has 1 heteroatoms. The fraction of sp³-hybridized carbons (Fsp3) is 0.167. The van der Waals surface area contributed by atoms with Gasteiger partial charge in [-0.2, -0.15) is 0 Å². The fourth-order valence-electron chi connectivity index (χ4n) is 1.32. The second-order valence-electron chi connectivity index (χ2n) is 3.24. The van der Waals surface area contributed by atoms with Crippen molar-refractivity contribution in [3.8, 4) is 0 Å².